The number of nitrogens with zero attached hydrogens (tertiary/aromatic N) is 2. The maximum atomic E-state index is 12.0. The number of carbonyl (C=O) groups excluding carboxylic acids is 2. The van der Waals surface area contributed by atoms with E-state index in [4.69, 9.17) is 0 Å². The van der Waals surface area contributed by atoms with Gasteiger partial charge >= 0.3 is 0 Å². The zero-order valence-corrected chi connectivity index (χ0v) is 11.5. The van der Waals surface area contributed by atoms with Crippen molar-refractivity contribution in [2.45, 2.75) is 13.8 Å². The second-order valence-electron chi connectivity index (χ2n) is 4.21. The molecular formula is C12H18N4O4. The minimum atomic E-state index is -0.570. The van der Waals surface area contributed by atoms with Gasteiger partial charge in [0.2, 0.25) is 5.91 Å². The molecule has 1 heterocycles. The van der Waals surface area contributed by atoms with Crippen molar-refractivity contribution in [2.24, 2.45) is 0 Å². The highest BCUT2D eigenvalue weighted by Crippen LogP contribution is 2.12. The molecule has 1 aromatic rings. The molecule has 0 atom stereocenters. The second kappa shape index (κ2) is 7.39. The van der Waals surface area contributed by atoms with Crippen molar-refractivity contribution >= 4 is 17.4 Å². The van der Waals surface area contributed by atoms with Gasteiger partial charge in [0.25, 0.3) is 5.69 Å². The number of aromatic nitrogens is 1. The number of ketones is 1. The van der Waals surface area contributed by atoms with Crippen LogP contribution in [0.25, 0.3) is 0 Å². The van der Waals surface area contributed by atoms with E-state index in [2.05, 4.69) is 10.3 Å². The van der Waals surface area contributed by atoms with Gasteiger partial charge in [-0.1, -0.05) is 6.92 Å². The third-order valence-corrected chi connectivity index (χ3v) is 2.73. The van der Waals surface area contributed by atoms with Crippen molar-refractivity contribution in [3.8, 4) is 0 Å². The third-order valence-electron chi connectivity index (χ3n) is 2.73. The Labute approximate surface area is 116 Å². The maximum absolute atomic E-state index is 12.0. The molecule has 1 rings (SSSR count). The fraction of sp³-hybridized carbons (Fsp3) is 0.500. The van der Waals surface area contributed by atoms with Crippen LogP contribution in [-0.2, 0) is 4.79 Å². The molecule has 0 aliphatic rings. The lowest BCUT2D eigenvalue weighted by Crippen LogP contribution is -2.39. The Morgan fingerprint density at radius 2 is 2.10 bits per heavy atom. The number of nitro groups is 1. The van der Waals surface area contributed by atoms with Gasteiger partial charge < -0.3 is 10.3 Å². The minimum absolute atomic E-state index is 0.0330. The SMILES string of the molecule is CCNC(=O)CN(CC)CC(=O)c1cc([N+](=O)[O-])c[nH]1. The average Bonchev–Trinajstić information content (AvgIpc) is 2.87. The van der Waals surface area contributed by atoms with E-state index in [-0.39, 0.29) is 36.2 Å². The minimum Gasteiger partial charge on any atom is -0.355 e. The van der Waals surface area contributed by atoms with E-state index >= 15 is 0 Å². The first-order valence-corrected chi connectivity index (χ1v) is 6.33. The number of likely N-dealkylation sites (N-methyl/N-ethyl adjacent to an activating group) is 2. The molecule has 0 fully saturated rings. The zero-order chi connectivity index (χ0) is 15.1. The lowest BCUT2D eigenvalue weighted by molar-refractivity contribution is -0.384. The van der Waals surface area contributed by atoms with Gasteiger partial charge in [0.1, 0.15) is 0 Å². The molecule has 0 radical (unpaired) electrons. The fourth-order valence-corrected chi connectivity index (χ4v) is 1.67. The van der Waals surface area contributed by atoms with Gasteiger partial charge in [-0.05, 0) is 13.5 Å². The van der Waals surface area contributed by atoms with Crippen molar-refractivity contribution in [3.05, 3.63) is 28.1 Å². The molecule has 0 aromatic carbocycles. The van der Waals surface area contributed by atoms with Crippen molar-refractivity contribution in [2.75, 3.05) is 26.2 Å². The predicted octanol–water partition coefficient (Wildman–Crippen LogP) is 0.564. The van der Waals surface area contributed by atoms with Crippen LogP contribution >= 0.6 is 0 Å². The van der Waals surface area contributed by atoms with Crippen LogP contribution in [0.4, 0.5) is 5.69 Å². The van der Waals surface area contributed by atoms with E-state index in [1.165, 1.54) is 12.3 Å². The summed E-state index contributed by atoms with van der Waals surface area (Å²) >= 11 is 0. The van der Waals surface area contributed by atoms with Gasteiger partial charge in [-0.25, -0.2) is 0 Å². The maximum Gasteiger partial charge on any atom is 0.287 e. The number of nitrogens with one attached hydrogen (secondary N) is 2. The molecule has 1 aromatic heterocycles. The van der Waals surface area contributed by atoms with Gasteiger partial charge in [0.05, 0.1) is 29.9 Å². The summed E-state index contributed by atoms with van der Waals surface area (Å²) in [5.41, 5.74) is 0.0196. The van der Waals surface area contributed by atoms with Crippen LogP contribution in [0.1, 0.15) is 24.3 Å². The van der Waals surface area contributed by atoms with Crippen LogP contribution in [0, 0.1) is 10.1 Å². The Bertz CT molecular complexity index is 497. The molecule has 0 bridgehead atoms. The number of hydrogen-bond acceptors (Lipinski definition) is 5. The number of amides is 1. The number of hydrogen-bond donors (Lipinski definition) is 2. The lowest BCUT2D eigenvalue weighted by Gasteiger charge is -2.18. The summed E-state index contributed by atoms with van der Waals surface area (Å²) in [7, 11) is 0. The number of Topliss-reactive ketones (excluding diaryl/α,β-unsaturated/α-hetero) is 1. The first kappa shape index (κ1) is 15.8. The van der Waals surface area contributed by atoms with Crippen molar-refractivity contribution < 1.29 is 14.5 Å². The summed E-state index contributed by atoms with van der Waals surface area (Å²) in [5.74, 6) is -0.441. The van der Waals surface area contributed by atoms with Crippen molar-refractivity contribution in [1.29, 1.82) is 0 Å². The molecule has 2 N–H and O–H groups in total. The second-order valence-corrected chi connectivity index (χ2v) is 4.21. The van der Waals surface area contributed by atoms with E-state index in [0.29, 0.717) is 13.1 Å². The normalized spacial score (nSPS) is 10.6. The number of H-pyrrole nitrogens is 1. The summed E-state index contributed by atoms with van der Waals surface area (Å²) in [6.07, 6.45) is 1.17. The molecule has 0 unspecified atom stereocenters. The Morgan fingerprint density at radius 1 is 1.40 bits per heavy atom. The number of aromatic amines is 1. The van der Waals surface area contributed by atoms with Crippen LogP contribution in [-0.4, -0.2) is 52.7 Å². The first-order valence-electron chi connectivity index (χ1n) is 6.33. The van der Waals surface area contributed by atoms with Crippen LogP contribution in [0.2, 0.25) is 0 Å². The highest BCUT2D eigenvalue weighted by molar-refractivity contribution is 5.96. The van der Waals surface area contributed by atoms with Gasteiger partial charge in [0.15, 0.2) is 5.78 Å². The highest BCUT2D eigenvalue weighted by Gasteiger charge is 2.18. The smallest absolute Gasteiger partial charge is 0.287 e. The Kier molecular flexibility index (Phi) is 5.85. The summed E-state index contributed by atoms with van der Waals surface area (Å²) < 4.78 is 0. The van der Waals surface area contributed by atoms with Crippen molar-refractivity contribution in [1.82, 2.24) is 15.2 Å². The number of rotatable bonds is 8. The molecule has 1 amide bonds. The van der Waals surface area contributed by atoms with Crippen LogP contribution in [0.5, 0.6) is 0 Å². The molecule has 0 saturated carbocycles. The lowest BCUT2D eigenvalue weighted by atomic mass is 10.2. The topological polar surface area (TPSA) is 108 Å². The molecule has 0 saturated heterocycles. The van der Waals surface area contributed by atoms with E-state index in [1.54, 1.807) is 4.90 Å². The van der Waals surface area contributed by atoms with E-state index in [0.717, 1.165) is 0 Å². The largest absolute Gasteiger partial charge is 0.355 e. The monoisotopic (exact) mass is 282 g/mol. The Morgan fingerprint density at radius 3 is 2.60 bits per heavy atom. The van der Waals surface area contributed by atoms with Crippen LogP contribution in [0.3, 0.4) is 0 Å². The van der Waals surface area contributed by atoms with Crippen molar-refractivity contribution in [3.63, 3.8) is 0 Å². The van der Waals surface area contributed by atoms with E-state index in [9.17, 15) is 19.7 Å². The highest BCUT2D eigenvalue weighted by atomic mass is 16.6. The summed E-state index contributed by atoms with van der Waals surface area (Å²) in [6.45, 7) is 4.88. The zero-order valence-electron chi connectivity index (χ0n) is 11.5. The van der Waals surface area contributed by atoms with E-state index < -0.39 is 4.92 Å². The van der Waals surface area contributed by atoms with Crippen LogP contribution in [0.15, 0.2) is 12.3 Å². The molecule has 8 heteroatoms. The summed E-state index contributed by atoms with van der Waals surface area (Å²) in [5, 5.41) is 13.2. The molecular weight excluding hydrogens is 264 g/mol. The third kappa shape index (κ3) is 4.47. The van der Waals surface area contributed by atoms with Gasteiger partial charge in [-0.15, -0.1) is 0 Å². The molecule has 20 heavy (non-hydrogen) atoms. The Balaban J connectivity index is 2.62. The molecule has 110 valence electrons. The summed E-state index contributed by atoms with van der Waals surface area (Å²) in [6, 6.07) is 1.20. The van der Waals surface area contributed by atoms with Gasteiger partial charge in [-0.3, -0.25) is 24.6 Å². The fourth-order valence-electron chi connectivity index (χ4n) is 1.67. The molecule has 0 aliphatic heterocycles. The summed E-state index contributed by atoms with van der Waals surface area (Å²) in [4.78, 5) is 37.6. The predicted molar refractivity (Wildman–Crippen MR) is 72.6 cm³/mol. The quantitative estimate of drug-likeness (QED) is 0.411. The van der Waals surface area contributed by atoms with Gasteiger partial charge in [0, 0.05) is 12.6 Å². The standard InChI is InChI=1S/C12H18N4O4/c1-3-13-12(18)8-15(4-2)7-11(17)10-5-9(6-14-10)16(19)20/h5-6,14H,3-4,7-8H2,1-2H3,(H,13,18). The van der Waals surface area contributed by atoms with E-state index in [1.807, 2.05) is 13.8 Å². The Hall–Kier alpha value is -2.22. The van der Waals surface area contributed by atoms with Crippen LogP contribution < -0.4 is 5.32 Å². The first-order chi connectivity index (χ1) is 9.47. The average molecular weight is 282 g/mol. The number of carbonyl (C=O) groups is 2. The molecule has 0 aliphatic carbocycles. The molecule has 0 spiro atoms. The molecule has 8 nitrogen and oxygen atoms in total. The van der Waals surface area contributed by atoms with Gasteiger partial charge in [-0.2, -0.15) is 0 Å².